The highest BCUT2D eigenvalue weighted by atomic mass is 16.5. The second-order valence-corrected chi connectivity index (χ2v) is 8.04. The minimum absolute atomic E-state index is 0.135. The van der Waals surface area contributed by atoms with Crippen LogP contribution in [-0.2, 0) is 9.59 Å². The normalized spacial score (nSPS) is 14.0. The molecule has 0 saturated heterocycles. The maximum absolute atomic E-state index is 13.6. The number of likely N-dealkylation sites (N-methyl/N-ethyl adjacent to an activating group) is 1. The molecule has 178 valence electrons. The summed E-state index contributed by atoms with van der Waals surface area (Å²) in [5.74, 6) is -0.166. The predicted octanol–water partition coefficient (Wildman–Crippen LogP) is 4.25. The molecule has 0 aromatic heterocycles. The summed E-state index contributed by atoms with van der Waals surface area (Å²) in [6.45, 7) is 4.13. The fraction of sp³-hybridized carbons (Fsp3) is 0.179. The maximum Gasteiger partial charge on any atom is 0.265 e. The van der Waals surface area contributed by atoms with Crippen molar-refractivity contribution >= 4 is 35.1 Å². The van der Waals surface area contributed by atoms with Gasteiger partial charge in [-0.2, -0.15) is 0 Å². The fourth-order valence-electron chi connectivity index (χ4n) is 3.95. The predicted molar refractivity (Wildman–Crippen MR) is 134 cm³/mol. The first-order valence-corrected chi connectivity index (χ1v) is 11.3. The molecule has 35 heavy (non-hydrogen) atoms. The molecule has 0 bridgehead atoms. The van der Waals surface area contributed by atoms with Crippen molar-refractivity contribution < 1.29 is 23.9 Å². The smallest absolute Gasteiger partial charge is 0.265 e. The number of nitrogens with one attached hydrogen (secondary N) is 1. The molecule has 1 aliphatic heterocycles. The molecule has 7 nitrogen and oxygen atoms in total. The van der Waals surface area contributed by atoms with Gasteiger partial charge in [0, 0.05) is 17.7 Å². The monoisotopic (exact) mass is 470 g/mol. The van der Waals surface area contributed by atoms with E-state index in [1.807, 2.05) is 32.0 Å². The highest BCUT2D eigenvalue weighted by Gasteiger charge is 2.35. The van der Waals surface area contributed by atoms with Crippen LogP contribution in [0.2, 0.25) is 0 Å². The Labute approximate surface area is 204 Å². The summed E-state index contributed by atoms with van der Waals surface area (Å²) in [7, 11) is 1.50. The van der Waals surface area contributed by atoms with Gasteiger partial charge in [0.05, 0.1) is 12.8 Å². The second kappa shape index (κ2) is 10.3. The molecule has 4 rings (SSSR count). The fourth-order valence-corrected chi connectivity index (χ4v) is 3.95. The number of methoxy groups -OCH3 is 1. The van der Waals surface area contributed by atoms with Crippen molar-refractivity contribution in [1.82, 2.24) is 5.32 Å². The number of hydrogen-bond acceptors (Lipinski definition) is 5. The van der Waals surface area contributed by atoms with E-state index in [1.165, 1.54) is 12.0 Å². The van der Waals surface area contributed by atoms with Crippen LogP contribution in [0.4, 0.5) is 5.69 Å². The summed E-state index contributed by atoms with van der Waals surface area (Å²) in [5.41, 5.74) is 3.56. The van der Waals surface area contributed by atoms with Crippen LogP contribution in [0.25, 0.3) is 11.6 Å². The number of fused-ring (bicyclic) bond motifs is 1. The number of benzene rings is 3. The summed E-state index contributed by atoms with van der Waals surface area (Å²) in [5, 5.41) is 2.67. The van der Waals surface area contributed by atoms with Crippen molar-refractivity contribution in [2.24, 2.45) is 0 Å². The van der Waals surface area contributed by atoms with Crippen LogP contribution in [0.5, 0.6) is 11.5 Å². The highest BCUT2D eigenvalue weighted by molar-refractivity contribution is 6.43. The number of carbonyl (C=O) groups is 3. The van der Waals surface area contributed by atoms with Gasteiger partial charge in [0.15, 0.2) is 18.1 Å². The minimum Gasteiger partial charge on any atom is -0.493 e. The van der Waals surface area contributed by atoms with E-state index in [0.717, 1.165) is 5.56 Å². The van der Waals surface area contributed by atoms with Gasteiger partial charge in [-0.1, -0.05) is 36.4 Å². The van der Waals surface area contributed by atoms with E-state index in [1.54, 1.807) is 54.6 Å². The number of anilines is 1. The lowest BCUT2D eigenvalue weighted by Gasteiger charge is -2.29. The van der Waals surface area contributed by atoms with Gasteiger partial charge in [-0.25, -0.2) is 4.90 Å². The van der Waals surface area contributed by atoms with Crippen LogP contribution >= 0.6 is 0 Å². The molecular weight excluding hydrogens is 444 g/mol. The Morgan fingerprint density at radius 2 is 1.71 bits per heavy atom. The maximum atomic E-state index is 13.6. The van der Waals surface area contributed by atoms with E-state index >= 15 is 0 Å². The lowest BCUT2D eigenvalue weighted by atomic mass is 9.91. The number of hydrogen-bond donors (Lipinski definition) is 1. The Morgan fingerprint density at radius 3 is 2.43 bits per heavy atom. The van der Waals surface area contributed by atoms with Gasteiger partial charge < -0.3 is 14.8 Å². The third kappa shape index (κ3) is 4.94. The molecule has 1 N–H and O–H groups in total. The van der Waals surface area contributed by atoms with E-state index in [9.17, 15) is 14.4 Å². The Kier molecular flexibility index (Phi) is 6.96. The molecule has 0 fully saturated rings. The number of nitrogens with zero attached hydrogens (tertiary/aromatic N) is 1. The number of imide groups is 1. The molecular formula is C28H26N2O5. The van der Waals surface area contributed by atoms with E-state index in [0.29, 0.717) is 46.0 Å². The lowest BCUT2D eigenvalue weighted by Crippen LogP contribution is -2.41. The zero-order valence-corrected chi connectivity index (χ0v) is 19.8. The van der Waals surface area contributed by atoms with Crippen LogP contribution in [0.3, 0.4) is 0 Å². The van der Waals surface area contributed by atoms with Gasteiger partial charge in [0.1, 0.15) is 0 Å². The second-order valence-electron chi connectivity index (χ2n) is 8.04. The standard InChI is InChI=1S/C28H26N2O5/c1-4-29-26(31)17-35-24-13-12-19(16-25(24)34-3)15-23-21-10-5-6-11-22(21)27(32)30(28(23)33)20-9-7-8-18(2)14-20/h5-16H,4,17H2,1-3H3,(H,29,31)/b23-15+. The van der Waals surface area contributed by atoms with Gasteiger partial charge in [-0.3, -0.25) is 14.4 Å². The van der Waals surface area contributed by atoms with Crippen LogP contribution < -0.4 is 19.7 Å². The van der Waals surface area contributed by atoms with Crippen molar-refractivity contribution in [3.05, 3.63) is 89.0 Å². The Bertz CT molecular complexity index is 1330. The Hall–Kier alpha value is -4.39. The largest absolute Gasteiger partial charge is 0.493 e. The van der Waals surface area contributed by atoms with E-state index in [2.05, 4.69) is 5.32 Å². The van der Waals surface area contributed by atoms with Gasteiger partial charge >= 0.3 is 0 Å². The molecule has 0 atom stereocenters. The average molecular weight is 471 g/mol. The first-order valence-electron chi connectivity index (χ1n) is 11.3. The molecule has 3 aromatic carbocycles. The van der Waals surface area contributed by atoms with Crippen LogP contribution in [0.1, 0.15) is 34.0 Å². The molecule has 0 aliphatic carbocycles. The summed E-state index contributed by atoms with van der Waals surface area (Å²) in [6.07, 6.45) is 1.73. The molecule has 0 spiro atoms. The van der Waals surface area contributed by atoms with Gasteiger partial charge in [0.25, 0.3) is 17.7 Å². The summed E-state index contributed by atoms with van der Waals surface area (Å²) >= 11 is 0. The van der Waals surface area contributed by atoms with Crippen molar-refractivity contribution in [2.75, 3.05) is 25.2 Å². The molecule has 1 aliphatic rings. The summed E-state index contributed by atoms with van der Waals surface area (Å²) in [6, 6.07) is 19.5. The van der Waals surface area contributed by atoms with E-state index < -0.39 is 5.91 Å². The van der Waals surface area contributed by atoms with Crippen LogP contribution in [0, 0.1) is 6.92 Å². The average Bonchev–Trinajstić information content (AvgIpc) is 2.86. The molecule has 0 saturated carbocycles. The Morgan fingerprint density at radius 1 is 0.943 bits per heavy atom. The summed E-state index contributed by atoms with van der Waals surface area (Å²) in [4.78, 5) is 39.8. The number of rotatable bonds is 7. The lowest BCUT2D eigenvalue weighted by molar-refractivity contribution is -0.123. The molecule has 3 amide bonds. The van der Waals surface area contributed by atoms with E-state index in [-0.39, 0.29) is 18.4 Å². The SMILES string of the molecule is CCNC(=O)COc1ccc(/C=C2/C(=O)N(c3cccc(C)c3)C(=O)c3ccccc32)cc1OC. The first kappa shape index (κ1) is 23.8. The number of ether oxygens (including phenoxy) is 2. The summed E-state index contributed by atoms with van der Waals surface area (Å²) < 4.78 is 11.0. The molecule has 7 heteroatoms. The van der Waals surface area contributed by atoms with E-state index in [4.69, 9.17) is 9.47 Å². The van der Waals surface area contributed by atoms with Gasteiger partial charge in [-0.15, -0.1) is 0 Å². The highest BCUT2D eigenvalue weighted by Crippen LogP contribution is 2.35. The third-order valence-corrected chi connectivity index (χ3v) is 5.58. The zero-order chi connectivity index (χ0) is 24.9. The van der Waals surface area contributed by atoms with Gasteiger partial charge in [-0.05, 0) is 66.9 Å². The molecule has 0 unspecified atom stereocenters. The van der Waals surface area contributed by atoms with Crippen LogP contribution in [-0.4, -0.2) is 38.0 Å². The third-order valence-electron chi connectivity index (χ3n) is 5.58. The minimum atomic E-state index is -0.408. The van der Waals surface area contributed by atoms with Crippen molar-refractivity contribution in [1.29, 1.82) is 0 Å². The number of amides is 3. The number of aryl methyl sites for hydroxylation is 1. The molecule has 3 aromatic rings. The first-order chi connectivity index (χ1) is 16.9. The molecule has 1 heterocycles. The van der Waals surface area contributed by atoms with Crippen molar-refractivity contribution in [2.45, 2.75) is 13.8 Å². The zero-order valence-electron chi connectivity index (χ0n) is 19.8. The quantitative estimate of drug-likeness (QED) is 0.412. The topological polar surface area (TPSA) is 84.9 Å². The van der Waals surface area contributed by atoms with Crippen molar-refractivity contribution in [3.63, 3.8) is 0 Å². The van der Waals surface area contributed by atoms with Crippen molar-refractivity contribution in [3.8, 4) is 11.5 Å². The Balaban J connectivity index is 1.73. The van der Waals surface area contributed by atoms with Crippen LogP contribution in [0.15, 0.2) is 66.7 Å². The number of carbonyl (C=O) groups excluding carboxylic acids is 3. The van der Waals surface area contributed by atoms with Gasteiger partial charge in [0.2, 0.25) is 0 Å². The molecule has 0 radical (unpaired) electrons.